The lowest BCUT2D eigenvalue weighted by Gasteiger charge is -2.36. The maximum absolute atomic E-state index is 9.92. The van der Waals surface area contributed by atoms with Crippen LogP contribution in [0.25, 0.3) is 27.9 Å². The van der Waals surface area contributed by atoms with Crippen molar-refractivity contribution in [2.45, 2.75) is 64.1 Å². The van der Waals surface area contributed by atoms with Gasteiger partial charge in [0.15, 0.2) is 5.65 Å². The number of H-pyrrole nitrogens is 1. The first kappa shape index (κ1) is 23.4. The van der Waals surface area contributed by atoms with Gasteiger partial charge in [0.25, 0.3) is 0 Å². The van der Waals surface area contributed by atoms with E-state index in [1.807, 2.05) is 12.3 Å². The molecule has 2 fully saturated rings. The molecular formula is C27H35N7O2. The molecule has 3 N–H and O–H groups in total. The zero-order valence-corrected chi connectivity index (χ0v) is 21.1. The van der Waals surface area contributed by atoms with Crippen LogP contribution in [-0.2, 0) is 11.3 Å². The quantitative estimate of drug-likeness (QED) is 0.380. The summed E-state index contributed by atoms with van der Waals surface area (Å²) in [6.07, 6.45) is 7.99. The Morgan fingerprint density at radius 1 is 1.14 bits per heavy atom. The lowest BCUT2D eigenvalue weighted by Crippen LogP contribution is -2.47. The molecule has 6 heterocycles. The van der Waals surface area contributed by atoms with E-state index in [2.05, 4.69) is 51.3 Å². The highest BCUT2D eigenvalue weighted by molar-refractivity contribution is 5.89. The lowest BCUT2D eigenvalue weighted by atomic mass is 9.98. The van der Waals surface area contributed by atoms with Crippen molar-refractivity contribution in [3.8, 4) is 11.3 Å². The Labute approximate surface area is 210 Å². The third-order valence-corrected chi connectivity index (χ3v) is 7.66. The van der Waals surface area contributed by atoms with E-state index in [9.17, 15) is 5.11 Å². The molecule has 2 saturated heterocycles. The summed E-state index contributed by atoms with van der Waals surface area (Å²) in [6, 6.07) is 7.46. The molecule has 0 amide bonds. The number of rotatable bonds is 6. The third kappa shape index (κ3) is 4.36. The highest BCUT2D eigenvalue weighted by atomic mass is 16.5. The smallest absolute Gasteiger partial charge is 0.160 e. The van der Waals surface area contributed by atoms with Crippen molar-refractivity contribution in [2.75, 3.05) is 31.2 Å². The third-order valence-electron chi connectivity index (χ3n) is 7.66. The maximum Gasteiger partial charge on any atom is 0.160 e. The number of aliphatic hydroxyl groups is 1. The Balaban J connectivity index is 1.27. The summed E-state index contributed by atoms with van der Waals surface area (Å²) in [5.74, 6) is 1.32. The molecule has 2 aliphatic heterocycles. The molecule has 190 valence electrons. The minimum absolute atomic E-state index is 0.0883. The fourth-order valence-electron chi connectivity index (χ4n) is 5.76. The van der Waals surface area contributed by atoms with Crippen molar-refractivity contribution in [1.29, 1.82) is 0 Å². The summed E-state index contributed by atoms with van der Waals surface area (Å²) < 4.78 is 7.23. The molecular weight excluding hydrogens is 454 g/mol. The summed E-state index contributed by atoms with van der Waals surface area (Å²) in [7, 11) is 0. The number of pyridine rings is 2. The van der Waals surface area contributed by atoms with Crippen LogP contribution < -0.4 is 10.2 Å². The molecule has 0 aliphatic carbocycles. The van der Waals surface area contributed by atoms with Crippen LogP contribution in [0.4, 0.5) is 5.82 Å². The monoisotopic (exact) mass is 489 g/mol. The summed E-state index contributed by atoms with van der Waals surface area (Å²) in [4.78, 5) is 15.5. The fourth-order valence-corrected chi connectivity index (χ4v) is 5.76. The number of aromatic nitrogens is 5. The molecule has 36 heavy (non-hydrogen) atoms. The van der Waals surface area contributed by atoms with Gasteiger partial charge in [0.1, 0.15) is 12.1 Å². The number of nitrogens with zero attached hydrogens (tertiary/aromatic N) is 5. The number of aromatic amines is 1. The molecule has 2 aliphatic rings. The van der Waals surface area contributed by atoms with Crippen LogP contribution >= 0.6 is 0 Å². The molecule has 0 radical (unpaired) electrons. The van der Waals surface area contributed by atoms with Crippen molar-refractivity contribution in [3.05, 3.63) is 41.9 Å². The van der Waals surface area contributed by atoms with Gasteiger partial charge in [-0.1, -0.05) is 13.8 Å². The van der Waals surface area contributed by atoms with E-state index < -0.39 is 0 Å². The van der Waals surface area contributed by atoms with E-state index in [0.717, 1.165) is 85.7 Å². The van der Waals surface area contributed by atoms with Gasteiger partial charge in [-0.3, -0.25) is 0 Å². The number of anilines is 1. The van der Waals surface area contributed by atoms with Gasteiger partial charge in [-0.2, -0.15) is 5.10 Å². The molecule has 0 aromatic carbocycles. The molecule has 0 unspecified atom stereocenters. The number of piperidine rings is 1. The second-order valence-corrected chi connectivity index (χ2v) is 10.4. The molecule has 4 aromatic heterocycles. The summed E-state index contributed by atoms with van der Waals surface area (Å²) in [6.45, 7) is 8.10. The standard InChI is InChI=1S/C27H35N7O2/c1-17(2)24-25(18-13-19(15-35)27-28-16-29-34(27)14-18)31-22-3-4-23(32-26(22)24)33-9-5-20(6-10-33)30-21-7-11-36-12-8-21/h3-4,13-14,16-17,20-21,30-31,35H,5-12,15H2,1-2H3. The number of fused-ring (bicyclic) bond motifs is 2. The van der Waals surface area contributed by atoms with Crippen LogP contribution in [0.15, 0.2) is 30.7 Å². The molecule has 0 spiro atoms. The van der Waals surface area contributed by atoms with Crippen LogP contribution in [0.5, 0.6) is 0 Å². The molecule has 0 atom stereocenters. The van der Waals surface area contributed by atoms with E-state index in [4.69, 9.17) is 9.72 Å². The van der Waals surface area contributed by atoms with Crippen LogP contribution in [0.3, 0.4) is 0 Å². The van der Waals surface area contributed by atoms with Crippen molar-refractivity contribution < 1.29 is 9.84 Å². The number of nitrogens with one attached hydrogen (secondary N) is 2. The number of aliphatic hydroxyl groups excluding tert-OH is 1. The SMILES string of the molecule is CC(C)c1c(-c2cc(CO)c3ncnn3c2)[nH]c2ccc(N3CCC(NC4CCOCC4)CC3)nc12. The van der Waals surface area contributed by atoms with Crippen molar-refractivity contribution in [2.24, 2.45) is 0 Å². The van der Waals surface area contributed by atoms with Gasteiger partial charge in [0, 0.05) is 61.3 Å². The molecule has 4 aromatic rings. The van der Waals surface area contributed by atoms with E-state index in [-0.39, 0.29) is 12.5 Å². The first-order valence-electron chi connectivity index (χ1n) is 13.2. The first-order valence-corrected chi connectivity index (χ1v) is 13.2. The minimum atomic E-state index is -0.0883. The summed E-state index contributed by atoms with van der Waals surface area (Å²) >= 11 is 0. The van der Waals surface area contributed by atoms with Crippen LogP contribution in [-0.4, -0.2) is 68.1 Å². The predicted molar refractivity (Wildman–Crippen MR) is 140 cm³/mol. The number of ether oxygens (including phenoxy) is 1. The predicted octanol–water partition coefficient (Wildman–Crippen LogP) is 3.63. The van der Waals surface area contributed by atoms with E-state index in [1.165, 1.54) is 11.9 Å². The van der Waals surface area contributed by atoms with Crippen LogP contribution in [0, 0.1) is 0 Å². The van der Waals surface area contributed by atoms with E-state index >= 15 is 0 Å². The van der Waals surface area contributed by atoms with Gasteiger partial charge in [-0.25, -0.2) is 14.5 Å². The minimum Gasteiger partial charge on any atom is -0.392 e. The largest absolute Gasteiger partial charge is 0.392 e. The number of hydrogen-bond donors (Lipinski definition) is 3. The fraction of sp³-hybridized carbons (Fsp3) is 0.519. The van der Waals surface area contributed by atoms with Crippen molar-refractivity contribution in [3.63, 3.8) is 0 Å². The topological polar surface area (TPSA) is 104 Å². The van der Waals surface area contributed by atoms with Crippen molar-refractivity contribution >= 4 is 22.5 Å². The van der Waals surface area contributed by atoms with E-state index in [0.29, 0.717) is 17.7 Å². The van der Waals surface area contributed by atoms with Gasteiger partial charge in [-0.15, -0.1) is 0 Å². The Kier molecular flexibility index (Phi) is 6.37. The van der Waals surface area contributed by atoms with Gasteiger partial charge < -0.3 is 25.0 Å². The number of hydrogen-bond acceptors (Lipinski definition) is 7. The normalized spacial score (nSPS) is 18.2. The van der Waals surface area contributed by atoms with Gasteiger partial charge in [0.2, 0.25) is 0 Å². The van der Waals surface area contributed by atoms with Crippen LogP contribution in [0.1, 0.15) is 56.6 Å². The highest BCUT2D eigenvalue weighted by Gasteiger charge is 2.25. The second kappa shape index (κ2) is 9.80. The first-order chi connectivity index (χ1) is 17.6. The second-order valence-electron chi connectivity index (χ2n) is 10.4. The van der Waals surface area contributed by atoms with Gasteiger partial charge in [-0.05, 0) is 49.8 Å². The van der Waals surface area contributed by atoms with Crippen LogP contribution in [0.2, 0.25) is 0 Å². The Bertz CT molecular complexity index is 1350. The summed E-state index contributed by atoms with van der Waals surface area (Å²) in [5.41, 5.74) is 6.66. The average Bonchev–Trinajstić information content (AvgIpc) is 3.53. The molecule has 9 heteroatoms. The highest BCUT2D eigenvalue weighted by Crippen LogP contribution is 2.36. The molecule has 6 rings (SSSR count). The Morgan fingerprint density at radius 3 is 2.67 bits per heavy atom. The average molecular weight is 490 g/mol. The van der Waals surface area contributed by atoms with Crippen molar-refractivity contribution in [1.82, 2.24) is 29.9 Å². The van der Waals surface area contributed by atoms with Gasteiger partial charge in [0.05, 0.1) is 23.3 Å². The lowest BCUT2D eigenvalue weighted by molar-refractivity contribution is 0.0738. The molecule has 0 bridgehead atoms. The summed E-state index contributed by atoms with van der Waals surface area (Å²) in [5, 5.41) is 18.1. The zero-order valence-electron chi connectivity index (χ0n) is 21.1. The zero-order chi connectivity index (χ0) is 24.6. The maximum atomic E-state index is 9.92. The molecule has 9 nitrogen and oxygen atoms in total. The van der Waals surface area contributed by atoms with Gasteiger partial charge >= 0.3 is 0 Å². The Hall–Kier alpha value is -3.01. The Morgan fingerprint density at radius 2 is 1.92 bits per heavy atom. The molecule has 0 saturated carbocycles. The van der Waals surface area contributed by atoms with E-state index in [1.54, 1.807) is 4.52 Å².